The fourth-order valence-electron chi connectivity index (χ4n) is 1.76. The van der Waals surface area contributed by atoms with Gasteiger partial charge in [0.1, 0.15) is 0 Å². The second kappa shape index (κ2) is 5.23. The molecule has 0 saturated heterocycles. The van der Waals surface area contributed by atoms with Gasteiger partial charge in [0.25, 0.3) is 0 Å². The van der Waals surface area contributed by atoms with Gasteiger partial charge in [0, 0.05) is 12.1 Å². The van der Waals surface area contributed by atoms with E-state index in [1.807, 2.05) is 6.92 Å². The van der Waals surface area contributed by atoms with Crippen molar-refractivity contribution in [3.8, 4) is 5.75 Å². The molecule has 0 atom stereocenters. The molecule has 2 aromatic rings. The number of carbonyl (C=O) groups is 1. The van der Waals surface area contributed by atoms with Gasteiger partial charge in [-0.05, 0) is 19.1 Å². The second-order valence-corrected chi connectivity index (χ2v) is 4.09. The van der Waals surface area contributed by atoms with E-state index in [0.29, 0.717) is 28.6 Å². The van der Waals surface area contributed by atoms with Gasteiger partial charge in [-0.1, -0.05) is 23.7 Å². The normalized spacial score (nSPS) is 10.4. The van der Waals surface area contributed by atoms with Gasteiger partial charge >= 0.3 is 0 Å². The molecule has 0 unspecified atom stereocenters. The number of hydrogen-bond donors (Lipinski definition) is 0. The van der Waals surface area contributed by atoms with Crippen LogP contribution >= 0.6 is 11.6 Å². The van der Waals surface area contributed by atoms with Gasteiger partial charge in [0.2, 0.25) is 5.78 Å². The molecule has 0 fully saturated rings. The van der Waals surface area contributed by atoms with Gasteiger partial charge in [0.05, 0.1) is 18.3 Å². The summed E-state index contributed by atoms with van der Waals surface area (Å²) >= 11 is 6.04. The van der Waals surface area contributed by atoms with E-state index < -0.39 is 0 Å². The lowest BCUT2D eigenvalue weighted by Gasteiger charge is -2.07. The molecule has 0 aliphatic rings. The van der Waals surface area contributed by atoms with Crippen molar-refractivity contribution in [2.24, 2.45) is 0 Å². The molecular weight excluding hydrogens is 252 g/mol. The fraction of sp³-hybridized carbons (Fsp3) is 0.231. The summed E-state index contributed by atoms with van der Waals surface area (Å²) in [6.45, 7) is 2.50. The molecule has 4 nitrogen and oxygen atoms in total. The molecule has 1 aromatic carbocycles. The van der Waals surface area contributed by atoms with Crippen LogP contribution in [0.2, 0.25) is 5.02 Å². The zero-order valence-corrected chi connectivity index (χ0v) is 10.9. The van der Waals surface area contributed by atoms with Gasteiger partial charge in [-0.2, -0.15) is 5.10 Å². The van der Waals surface area contributed by atoms with Gasteiger partial charge in [-0.25, -0.2) is 0 Å². The molecule has 0 aliphatic heterocycles. The first kappa shape index (κ1) is 12.6. The van der Waals surface area contributed by atoms with E-state index >= 15 is 0 Å². The van der Waals surface area contributed by atoms with Crippen molar-refractivity contribution in [1.29, 1.82) is 0 Å². The number of nitrogens with zero attached hydrogens (tertiary/aromatic N) is 2. The largest absolute Gasteiger partial charge is 0.493 e. The molecule has 0 radical (unpaired) electrons. The highest BCUT2D eigenvalue weighted by atomic mass is 35.5. The van der Waals surface area contributed by atoms with Crippen LogP contribution in [0.4, 0.5) is 0 Å². The molecule has 0 spiro atoms. The van der Waals surface area contributed by atoms with Crippen LogP contribution in [-0.2, 0) is 6.54 Å². The number of aryl methyl sites for hydroxylation is 1. The van der Waals surface area contributed by atoms with E-state index in [-0.39, 0.29) is 5.78 Å². The van der Waals surface area contributed by atoms with E-state index in [9.17, 15) is 4.79 Å². The van der Waals surface area contributed by atoms with Gasteiger partial charge in [-0.15, -0.1) is 0 Å². The van der Waals surface area contributed by atoms with Crippen LogP contribution in [-0.4, -0.2) is 22.7 Å². The molecule has 5 heteroatoms. The first-order chi connectivity index (χ1) is 8.69. The third-order valence-corrected chi connectivity index (χ3v) is 2.99. The van der Waals surface area contributed by atoms with E-state index in [0.717, 1.165) is 0 Å². The molecule has 0 bridgehead atoms. The van der Waals surface area contributed by atoms with Gasteiger partial charge < -0.3 is 4.74 Å². The Morgan fingerprint density at radius 2 is 2.17 bits per heavy atom. The highest BCUT2D eigenvalue weighted by molar-refractivity contribution is 6.35. The lowest BCUT2D eigenvalue weighted by Crippen LogP contribution is -2.12. The predicted octanol–water partition coefficient (Wildman–Crippen LogP) is 2.80. The summed E-state index contributed by atoms with van der Waals surface area (Å²) in [7, 11) is 1.51. The van der Waals surface area contributed by atoms with E-state index in [1.165, 1.54) is 13.3 Å². The highest BCUT2D eigenvalue weighted by Crippen LogP contribution is 2.24. The number of ether oxygens (including phenoxy) is 1. The Kier molecular flexibility index (Phi) is 3.67. The minimum atomic E-state index is -0.184. The molecule has 0 aliphatic carbocycles. The Hall–Kier alpha value is -1.81. The maximum atomic E-state index is 12.5. The lowest BCUT2D eigenvalue weighted by molar-refractivity contribution is 0.102. The van der Waals surface area contributed by atoms with Crippen molar-refractivity contribution >= 4 is 17.4 Å². The average molecular weight is 265 g/mol. The molecule has 0 N–H and O–H groups in total. The quantitative estimate of drug-likeness (QED) is 0.798. The van der Waals surface area contributed by atoms with Gasteiger partial charge in [-0.3, -0.25) is 9.48 Å². The Morgan fingerprint density at radius 1 is 1.44 bits per heavy atom. The molecule has 1 heterocycles. The standard InChI is InChI=1S/C13H13ClN2O2/c1-3-16-12(11(18-2)8-15-16)13(17)9-6-4-5-7-10(9)14/h4-8H,3H2,1-2H3. The Labute approximate surface area is 110 Å². The first-order valence-corrected chi connectivity index (χ1v) is 5.95. The minimum Gasteiger partial charge on any atom is -0.493 e. The third-order valence-electron chi connectivity index (χ3n) is 2.66. The monoisotopic (exact) mass is 264 g/mol. The van der Waals surface area contributed by atoms with Crippen LogP contribution in [0.1, 0.15) is 23.0 Å². The second-order valence-electron chi connectivity index (χ2n) is 3.69. The van der Waals surface area contributed by atoms with E-state index in [4.69, 9.17) is 16.3 Å². The van der Waals surface area contributed by atoms with Crippen molar-refractivity contribution in [3.63, 3.8) is 0 Å². The summed E-state index contributed by atoms with van der Waals surface area (Å²) in [5, 5.41) is 4.53. The van der Waals surface area contributed by atoms with Gasteiger partial charge in [0.15, 0.2) is 11.4 Å². The summed E-state index contributed by atoms with van der Waals surface area (Å²) in [4.78, 5) is 12.5. The van der Waals surface area contributed by atoms with Crippen molar-refractivity contribution in [3.05, 3.63) is 46.7 Å². The van der Waals surface area contributed by atoms with Crippen molar-refractivity contribution in [2.45, 2.75) is 13.5 Å². The van der Waals surface area contributed by atoms with Crippen LogP contribution in [0.3, 0.4) is 0 Å². The zero-order chi connectivity index (χ0) is 13.1. The maximum Gasteiger partial charge on any atom is 0.216 e. The average Bonchev–Trinajstić information content (AvgIpc) is 2.81. The molecule has 18 heavy (non-hydrogen) atoms. The topological polar surface area (TPSA) is 44.1 Å². The van der Waals surface area contributed by atoms with E-state index in [1.54, 1.807) is 28.9 Å². The molecule has 1 aromatic heterocycles. The van der Waals surface area contributed by atoms with Crippen molar-refractivity contribution in [2.75, 3.05) is 7.11 Å². The lowest BCUT2D eigenvalue weighted by atomic mass is 10.1. The SMILES string of the molecule is CCn1ncc(OC)c1C(=O)c1ccccc1Cl. The van der Waals surface area contributed by atoms with Crippen molar-refractivity contribution < 1.29 is 9.53 Å². The number of methoxy groups -OCH3 is 1. The summed E-state index contributed by atoms with van der Waals surface area (Å²) < 4.78 is 6.76. The molecule has 0 amide bonds. The molecule has 2 rings (SSSR count). The fourth-order valence-corrected chi connectivity index (χ4v) is 1.98. The summed E-state index contributed by atoms with van der Waals surface area (Å²) in [5.41, 5.74) is 0.876. The Bertz CT molecular complexity index is 557. The third kappa shape index (κ3) is 2.11. The maximum absolute atomic E-state index is 12.5. The Balaban J connectivity index is 2.52. The smallest absolute Gasteiger partial charge is 0.216 e. The number of ketones is 1. The van der Waals surface area contributed by atoms with E-state index in [2.05, 4.69) is 5.10 Å². The van der Waals surface area contributed by atoms with Crippen LogP contribution in [0.25, 0.3) is 0 Å². The van der Waals surface area contributed by atoms with Crippen LogP contribution in [0.5, 0.6) is 5.75 Å². The number of rotatable bonds is 4. The number of aromatic nitrogens is 2. The van der Waals surface area contributed by atoms with Crippen LogP contribution in [0.15, 0.2) is 30.5 Å². The van der Waals surface area contributed by atoms with Crippen LogP contribution in [0, 0.1) is 0 Å². The molecule has 94 valence electrons. The molecular formula is C13H13ClN2O2. The summed E-state index contributed by atoms with van der Waals surface area (Å²) in [5.74, 6) is 0.276. The van der Waals surface area contributed by atoms with Crippen LogP contribution < -0.4 is 4.74 Å². The first-order valence-electron chi connectivity index (χ1n) is 5.58. The predicted molar refractivity (Wildman–Crippen MR) is 69.3 cm³/mol. The zero-order valence-electron chi connectivity index (χ0n) is 10.2. The van der Waals surface area contributed by atoms with Crippen molar-refractivity contribution in [1.82, 2.24) is 9.78 Å². The summed E-state index contributed by atoms with van der Waals surface area (Å²) in [6.07, 6.45) is 1.54. The number of carbonyl (C=O) groups excluding carboxylic acids is 1. The summed E-state index contributed by atoms with van der Waals surface area (Å²) in [6, 6.07) is 6.94. The number of benzene rings is 1. The minimum absolute atomic E-state index is 0.184. The Morgan fingerprint density at radius 3 is 2.78 bits per heavy atom. The number of hydrogen-bond acceptors (Lipinski definition) is 3. The molecule has 0 saturated carbocycles. The highest BCUT2D eigenvalue weighted by Gasteiger charge is 2.21. The number of halogens is 1.